The third-order valence-electron chi connectivity index (χ3n) is 5.65. The lowest BCUT2D eigenvalue weighted by Gasteiger charge is -2.41. The summed E-state index contributed by atoms with van der Waals surface area (Å²) in [4.78, 5) is 15.2. The highest BCUT2D eigenvalue weighted by molar-refractivity contribution is 5.94. The molecule has 0 fully saturated rings. The van der Waals surface area contributed by atoms with E-state index in [9.17, 15) is 4.79 Å². The Morgan fingerprint density at radius 3 is 2.59 bits per heavy atom. The fourth-order valence-electron chi connectivity index (χ4n) is 4.09. The number of carbonyl (C=O) groups excluding carboxylic acids is 1. The first kappa shape index (κ1) is 21.2. The predicted molar refractivity (Wildman–Crippen MR) is 116 cm³/mol. The smallest absolute Gasteiger partial charge is 0.253 e. The van der Waals surface area contributed by atoms with Crippen molar-refractivity contribution < 1.29 is 14.3 Å². The number of fused-ring (bicyclic) bond motifs is 1. The molecule has 1 unspecified atom stereocenters. The van der Waals surface area contributed by atoms with Crippen molar-refractivity contribution in [2.45, 2.75) is 52.6 Å². The van der Waals surface area contributed by atoms with E-state index in [1.807, 2.05) is 49.1 Å². The van der Waals surface area contributed by atoms with Gasteiger partial charge in [0.15, 0.2) is 0 Å². The van der Waals surface area contributed by atoms with Gasteiger partial charge in [0.25, 0.3) is 5.91 Å². The maximum absolute atomic E-state index is 13.2. The molecule has 1 amide bonds. The van der Waals surface area contributed by atoms with Gasteiger partial charge in [-0.3, -0.25) is 4.79 Å². The Kier molecular flexibility index (Phi) is 6.21. The minimum atomic E-state index is -0.321. The normalized spacial score (nSPS) is 22.4. The van der Waals surface area contributed by atoms with Crippen molar-refractivity contribution in [1.29, 1.82) is 0 Å². The van der Waals surface area contributed by atoms with E-state index >= 15 is 0 Å². The third kappa shape index (κ3) is 4.58. The van der Waals surface area contributed by atoms with Crippen LogP contribution in [0, 0.1) is 5.41 Å². The first-order valence-electron chi connectivity index (χ1n) is 10.5. The zero-order valence-corrected chi connectivity index (χ0v) is 18.3. The van der Waals surface area contributed by atoms with E-state index in [-0.39, 0.29) is 16.9 Å². The van der Waals surface area contributed by atoms with Crippen LogP contribution in [0.4, 0.5) is 0 Å². The van der Waals surface area contributed by atoms with Gasteiger partial charge in [-0.05, 0) is 57.0 Å². The van der Waals surface area contributed by atoms with Gasteiger partial charge in [-0.2, -0.15) is 0 Å². The number of unbranched alkanes of at least 4 members (excludes halogenated alkanes) is 1. The molecule has 1 aliphatic carbocycles. The van der Waals surface area contributed by atoms with Gasteiger partial charge >= 0.3 is 0 Å². The van der Waals surface area contributed by atoms with Crippen molar-refractivity contribution in [3.8, 4) is 0 Å². The summed E-state index contributed by atoms with van der Waals surface area (Å²) in [6.45, 7) is 9.77. The van der Waals surface area contributed by atoms with Crippen LogP contribution >= 0.6 is 0 Å². The fourth-order valence-corrected chi connectivity index (χ4v) is 4.09. The first-order valence-corrected chi connectivity index (χ1v) is 10.5. The van der Waals surface area contributed by atoms with E-state index < -0.39 is 0 Å². The van der Waals surface area contributed by atoms with E-state index in [1.165, 1.54) is 0 Å². The highest BCUT2D eigenvalue weighted by Gasteiger charge is 2.40. The number of allylic oxidation sites excluding steroid dienone is 2. The Hall–Kier alpha value is -2.49. The number of carbonyl (C=O) groups is 1. The highest BCUT2D eigenvalue weighted by Crippen LogP contribution is 2.44. The number of hydrogen-bond acceptors (Lipinski definition) is 3. The topological polar surface area (TPSA) is 38.8 Å². The molecule has 1 aromatic rings. The molecule has 4 heteroatoms. The number of hydrogen-bond donors (Lipinski definition) is 0. The molecule has 0 N–H and O–H groups in total. The molecule has 0 saturated heterocycles. The van der Waals surface area contributed by atoms with Crippen molar-refractivity contribution >= 4 is 5.91 Å². The summed E-state index contributed by atoms with van der Waals surface area (Å²) in [6, 6.07) is 9.54. The molecule has 156 valence electrons. The molecule has 2 aliphatic rings. The van der Waals surface area contributed by atoms with Crippen LogP contribution in [0.5, 0.6) is 0 Å². The van der Waals surface area contributed by atoms with Crippen LogP contribution in [0.3, 0.4) is 0 Å². The van der Waals surface area contributed by atoms with Gasteiger partial charge < -0.3 is 14.4 Å². The Balaban J connectivity index is 1.92. The summed E-state index contributed by atoms with van der Waals surface area (Å²) >= 11 is 0. The number of rotatable bonds is 7. The van der Waals surface area contributed by atoms with Crippen LogP contribution in [-0.2, 0) is 9.47 Å². The zero-order chi connectivity index (χ0) is 21.1. The van der Waals surface area contributed by atoms with Gasteiger partial charge in [0, 0.05) is 24.1 Å². The van der Waals surface area contributed by atoms with Gasteiger partial charge in [0.05, 0.1) is 12.7 Å². The SMILES string of the molecule is CCCCN(CC1(C)CC=C2OC(C)(C)C=CC2=C1OC)C(=O)c1ccccc1. The Bertz CT molecular complexity index is 835. The molecule has 0 aromatic heterocycles. The van der Waals surface area contributed by atoms with Crippen molar-refractivity contribution in [1.82, 2.24) is 4.90 Å². The van der Waals surface area contributed by atoms with Crippen LogP contribution in [0.25, 0.3) is 0 Å². The second kappa shape index (κ2) is 8.48. The van der Waals surface area contributed by atoms with Crippen molar-refractivity contribution in [3.63, 3.8) is 0 Å². The van der Waals surface area contributed by atoms with Crippen molar-refractivity contribution in [3.05, 3.63) is 71.2 Å². The van der Waals surface area contributed by atoms with Crippen LogP contribution < -0.4 is 0 Å². The Labute approximate surface area is 174 Å². The summed E-state index contributed by atoms with van der Waals surface area (Å²) < 4.78 is 12.1. The monoisotopic (exact) mass is 395 g/mol. The van der Waals surface area contributed by atoms with Gasteiger partial charge in [0.2, 0.25) is 0 Å². The molecule has 1 atom stereocenters. The maximum Gasteiger partial charge on any atom is 0.253 e. The standard InChI is InChI=1S/C25H33NO3/c1-6-7-17-26(23(27)19-11-9-8-10-12-19)18-25(4)16-14-21-20(22(25)28-5)13-15-24(2,3)29-21/h8-15H,6-7,16-18H2,1-5H3. The van der Waals surface area contributed by atoms with E-state index in [2.05, 4.69) is 32.1 Å². The molecule has 4 nitrogen and oxygen atoms in total. The largest absolute Gasteiger partial charge is 0.500 e. The van der Waals surface area contributed by atoms with E-state index in [0.29, 0.717) is 6.54 Å². The maximum atomic E-state index is 13.2. The minimum Gasteiger partial charge on any atom is -0.500 e. The Morgan fingerprint density at radius 1 is 1.21 bits per heavy atom. The van der Waals surface area contributed by atoms with Crippen LogP contribution in [0.1, 0.15) is 57.3 Å². The average Bonchev–Trinajstić information content (AvgIpc) is 2.71. The second-order valence-electron chi connectivity index (χ2n) is 8.77. The highest BCUT2D eigenvalue weighted by atomic mass is 16.5. The third-order valence-corrected chi connectivity index (χ3v) is 5.65. The average molecular weight is 396 g/mol. The molecule has 1 heterocycles. The number of methoxy groups -OCH3 is 1. The molecular weight excluding hydrogens is 362 g/mol. The lowest BCUT2D eigenvalue weighted by atomic mass is 9.77. The number of nitrogens with zero attached hydrogens (tertiary/aromatic N) is 1. The van der Waals surface area contributed by atoms with E-state index in [4.69, 9.17) is 9.47 Å². The summed E-state index contributed by atoms with van der Waals surface area (Å²) in [5, 5.41) is 0. The molecular formula is C25H33NO3. The fraction of sp³-hybridized carbons (Fsp3) is 0.480. The predicted octanol–water partition coefficient (Wildman–Crippen LogP) is 5.49. The lowest BCUT2D eigenvalue weighted by Crippen LogP contribution is -2.43. The molecule has 0 radical (unpaired) electrons. The molecule has 1 aliphatic heterocycles. The minimum absolute atomic E-state index is 0.0760. The summed E-state index contributed by atoms with van der Waals surface area (Å²) in [7, 11) is 1.71. The summed E-state index contributed by atoms with van der Waals surface area (Å²) in [5.41, 5.74) is 1.09. The number of benzene rings is 1. The molecule has 0 spiro atoms. The van der Waals surface area contributed by atoms with Crippen LogP contribution in [0.15, 0.2) is 65.7 Å². The number of amides is 1. The lowest BCUT2D eigenvalue weighted by molar-refractivity contribution is 0.0555. The van der Waals surface area contributed by atoms with E-state index in [1.54, 1.807) is 7.11 Å². The molecule has 3 rings (SSSR count). The molecule has 0 bridgehead atoms. The molecule has 1 aromatic carbocycles. The van der Waals surface area contributed by atoms with Gasteiger partial charge in [-0.15, -0.1) is 0 Å². The molecule has 0 saturated carbocycles. The summed E-state index contributed by atoms with van der Waals surface area (Å²) in [5.74, 6) is 1.84. The van der Waals surface area contributed by atoms with Gasteiger partial charge in [-0.25, -0.2) is 0 Å². The number of ether oxygens (including phenoxy) is 2. The Morgan fingerprint density at radius 2 is 1.93 bits per heavy atom. The summed E-state index contributed by atoms with van der Waals surface area (Å²) in [6.07, 6.45) is 9.10. The van der Waals surface area contributed by atoms with Crippen molar-refractivity contribution in [2.75, 3.05) is 20.2 Å². The molecule has 29 heavy (non-hydrogen) atoms. The van der Waals surface area contributed by atoms with Gasteiger partial charge in [0.1, 0.15) is 17.1 Å². The van der Waals surface area contributed by atoms with Crippen LogP contribution in [0.2, 0.25) is 0 Å². The quantitative estimate of drug-likeness (QED) is 0.613. The van der Waals surface area contributed by atoms with Crippen LogP contribution in [-0.4, -0.2) is 36.6 Å². The van der Waals surface area contributed by atoms with E-state index in [0.717, 1.165) is 48.5 Å². The van der Waals surface area contributed by atoms with Crippen molar-refractivity contribution in [2.24, 2.45) is 5.41 Å². The second-order valence-corrected chi connectivity index (χ2v) is 8.77. The zero-order valence-electron chi connectivity index (χ0n) is 18.3. The van der Waals surface area contributed by atoms with Gasteiger partial charge in [-0.1, -0.05) is 38.5 Å². The first-order chi connectivity index (χ1) is 13.8.